The molecule has 0 bridgehead atoms. The molecule has 2 rings (SSSR count). The molecule has 0 spiro atoms. The van der Waals surface area contributed by atoms with Crippen LogP contribution in [0.4, 0.5) is 0 Å². The Labute approximate surface area is 175 Å². The zero-order chi connectivity index (χ0) is 22.1. The van der Waals surface area contributed by atoms with Crippen molar-refractivity contribution in [1.82, 2.24) is 14.7 Å². The molecule has 10 heteroatoms. The van der Waals surface area contributed by atoms with Crippen molar-refractivity contribution in [3.8, 4) is 0 Å². The molecular weight excluding hydrogens is 394 g/mol. The molecule has 1 atom stereocenters. The molecule has 2 heterocycles. The van der Waals surface area contributed by atoms with Crippen molar-refractivity contribution in [2.24, 2.45) is 0 Å². The molecule has 0 aromatic heterocycles. The van der Waals surface area contributed by atoms with E-state index in [-0.39, 0.29) is 50.6 Å². The maximum absolute atomic E-state index is 12.6. The Hall–Kier alpha value is -2.75. The van der Waals surface area contributed by atoms with Gasteiger partial charge in [-0.1, -0.05) is 13.3 Å². The van der Waals surface area contributed by atoms with E-state index in [1.807, 2.05) is 11.8 Å². The van der Waals surface area contributed by atoms with Crippen molar-refractivity contribution in [2.45, 2.75) is 39.2 Å². The minimum absolute atomic E-state index is 0.0124. The third kappa shape index (κ3) is 6.94. The number of piperazine rings is 1. The highest BCUT2D eigenvalue weighted by Gasteiger charge is 2.32. The normalized spacial score (nSPS) is 19.3. The zero-order valence-electron chi connectivity index (χ0n) is 17.5. The van der Waals surface area contributed by atoms with Gasteiger partial charge in [0.15, 0.2) is 0 Å². The van der Waals surface area contributed by atoms with E-state index in [1.165, 1.54) is 19.1 Å². The number of ether oxygens (including phenoxy) is 2. The molecular formula is C20H29N3O7. The number of hydrogen-bond acceptors (Lipinski definition) is 8. The van der Waals surface area contributed by atoms with Crippen LogP contribution < -0.4 is 0 Å². The van der Waals surface area contributed by atoms with Crippen LogP contribution in [0.5, 0.6) is 0 Å². The summed E-state index contributed by atoms with van der Waals surface area (Å²) < 4.78 is 10.3. The highest BCUT2D eigenvalue weighted by molar-refractivity contribution is 6.13. The van der Waals surface area contributed by atoms with Crippen LogP contribution in [0.2, 0.25) is 0 Å². The van der Waals surface area contributed by atoms with Crippen LogP contribution >= 0.6 is 0 Å². The number of hydrogen-bond donors (Lipinski definition) is 0. The number of carbonyl (C=O) groups is 5. The van der Waals surface area contributed by atoms with Gasteiger partial charge in [-0.15, -0.1) is 0 Å². The first-order valence-electron chi connectivity index (χ1n) is 10.2. The van der Waals surface area contributed by atoms with E-state index in [0.29, 0.717) is 19.7 Å². The van der Waals surface area contributed by atoms with Crippen LogP contribution in [0.1, 0.15) is 33.1 Å². The van der Waals surface area contributed by atoms with Gasteiger partial charge in [-0.25, -0.2) is 0 Å². The highest BCUT2D eigenvalue weighted by Crippen LogP contribution is 2.13. The minimum atomic E-state index is -0.442. The van der Waals surface area contributed by atoms with Crippen molar-refractivity contribution in [2.75, 3.05) is 45.9 Å². The second-order valence-corrected chi connectivity index (χ2v) is 7.25. The third-order valence-corrected chi connectivity index (χ3v) is 4.98. The molecule has 0 aromatic rings. The monoisotopic (exact) mass is 423 g/mol. The maximum Gasteiger partial charge on any atom is 0.320 e. The number of imide groups is 1. The molecule has 0 N–H and O–H groups in total. The fraction of sp³-hybridized carbons (Fsp3) is 0.650. The summed E-state index contributed by atoms with van der Waals surface area (Å²) in [6, 6.07) is -0.345. The first-order valence-corrected chi connectivity index (χ1v) is 10.2. The Kier molecular flexibility index (Phi) is 8.97. The number of carbonyl (C=O) groups excluding carboxylic acids is 5. The molecule has 3 amide bonds. The highest BCUT2D eigenvalue weighted by atomic mass is 16.5. The van der Waals surface area contributed by atoms with E-state index in [2.05, 4.69) is 0 Å². The molecule has 1 unspecified atom stereocenters. The fourth-order valence-corrected chi connectivity index (χ4v) is 3.26. The summed E-state index contributed by atoms with van der Waals surface area (Å²) >= 11 is 0. The van der Waals surface area contributed by atoms with E-state index in [0.717, 1.165) is 17.7 Å². The largest absolute Gasteiger partial charge is 0.465 e. The van der Waals surface area contributed by atoms with E-state index in [4.69, 9.17) is 9.47 Å². The Bertz CT molecular complexity index is 689. The molecule has 0 aromatic carbocycles. The SMILES string of the molecule is CCCCOC(=O)CN1CCN(C(=O)CCN2C(=O)C=CC2=O)CC1COC(C)=O. The van der Waals surface area contributed by atoms with Crippen LogP contribution in [0, 0.1) is 0 Å². The quantitative estimate of drug-likeness (QED) is 0.268. The molecule has 0 saturated carbocycles. The summed E-state index contributed by atoms with van der Waals surface area (Å²) in [5.41, 5.74) is 0. The zero-order valence-corrected chi connectivity index (χ0v) is 17.5. The summed E-state index contributed by atoms with van der Waals surface area (Å²) in [7, 11) is 0. The van der Waals surface area contributed by atoms with Crippen molar-refractivity contribution in [3.63, 3.8) is 0 Å². The van der Waals surface area contributed by atoms with Gasteiger partial charge in [-0.2, -0.15) is 0 Å². The molecule has 1 saturated heterocycles. The fourth-order valence-electron chi connectivity index (χ4n) is 3.26. The van der Waals surface area contributed by atoms with Crippen LogP contribution in [0.15, 0.2) is 12.2 Å². The van der Waals surface area contributed by atoms with Gasteiger partial charge in [0.05, 0.1) is 19.2 Å². The Morgan fingerprint density at radius 3 is 2.43 bits per heavy atom. The first kappa shape index (κ1) is 23.5. The van der Waals surface area contributed by atoms with E-state index in [1.54, 1.807) is 4.90 Å². The van der Waals surface area contributed by atoms with Gasteiger partial charge in [0, 0.05) is 51.7 Å². The lowest BCUT2D eigenvalue weighted by atomic mass is 10.1. The second kappa shape index (κ2) is 11.4. The van der Waals surface area contributed by atoms with E-state index >= 15 is 0 Å². The second-order valence-electron chi connectivity index (χ2n) is 7.25. The number of esters is 2. The Balaban J connectivity index is 1.89. The predicted molar refractivity (Wildman–Crippen MR) is 105 cm³/mol. The number of amides is 3. The summed E-state index contributed by atoms with van der Waals surface area (Å²) in [6.45, 7) is 4.87. The number of rotatable bonds is 10. The molecule has 0 radical (unpaired) electrons. The molecule has 1 fully saturated rings. The molecule has 166 valence electrons. The molecule has 2 aliphatic heterocycles. The van der Waals surface area contributed by atoms with Crippen molar-refractivity contribution < 1.29 is 33.4 Å². The lowest BCUT2D eigenvalue weighted by Gasteiger charge is -2.40. The molecule has 0 aliphatic carbocycles. The van der Waals surface area contributed by atoms with Crippen LogP contribution in [-0.2, 0) is 33.4 Å². The molecule has 30 heavy (non-hydrogen) atoms. The lowest BCUT2D eigenvalue weighted by Crippen LogP contribution is -2.57. The number of unbranched alkanes of at least 4 members (excludes halogenated alkanes) is 1. The minimum Gasteiger partial charge on any atom is -0.465 e. The van der Waals surface area contributed by atoms with Gasteiger partial charge in [-0.05, 0) is 6.42 Å². The topological polar surface area (TPSA) is 114 Å². The summed E-state index contributed by atoms with van der Waals surface area (Å²) in [5, 5.41) is 0. The van der Waals surface area contributed by atoms with E-state index in [9.17, 15) is 24.0 Å². The van der Waals surface area contributed by atoms with Crippen LogP contribution in [0.3, 0.4) is 0 Å². The van der Waals surface area contributed by atoms with Gasteiger partial charge in [0.2, 0.25) is 5.91 Å². The smallest absolute Gasteiger partial charge is 0.320 e. The first-order chi connectivity index (χ1) is 14.3. The van der Waals surface area contributed by atoms with Gasteiger partial charge < -0.3 is 14.4 Å². The molecule has 2 aliphatic rings. The summed E-state index contributed by atoms with van der Waals surface area (Å²) in [4.78, 5) is 63.6. The lowest BCUT2D eigenvalue weighted by molar-refractivity contribution is -0.149. The van der Waals surface area contributed by atoms with Crippen molar-refractivity contribution in [3.05, 3.63) is 12.2 Å². The average Bonchev–Trinajstić information content (AvgIpc) is 3.03. The third-order valence-electron chi connectivity index (χ3n) is 4.98. The van der Waals surface area contributed by atoms with E-state index < -0.39 is 17.8 Å². The van der Waals surface area contributed by atoms with Crippen molar-refractivity contribution in [1.29, 1.82) is 0 Å². The van der Waals surface area contributed by atoms with Gasteiger partial charge in [0.1, 0.15) is 6.61 Å². The van der Waals surface area contributed by atoms with Crippen LogP contribution in [0.25, 0.3) is 0 Å². The Morgan fingerprint density at radius 1 is 1.10 bits per heavy atom. The predicted octanol–water partition coefficient (Wildman–Crippen LogP) is -0.279. The van der Waals surface area contributed by atoms with Gasteiger partial charge >= 0.3 is 11.9 Å². The molecule has 10 nitrogen and oxygen atoms in total. The standard InChI is InChI=1S/C20H29N3O7/c1-3-4-11-29-20(28)13-21-9-10-22(12-16(21)14-30-15(2)24)17(25)7-8-23-18(26)5-6-19(23)27/h5-6,16H,3-4,7-14H2,1-2H3. The van der Waals surface area contributed by atoms with Crippen molar-refractivity contribution >= 4 is 29.7 Å². The van der Waals surface area contributed by atoms with Gasteiger partial charge in [0.25, 0.3) is 11.8 Å². The Morgan fingerprint density at radius 2 is 1.80 bits per heavy atom. The summed E-state index contributed by atoms with van der Waals surface area (Å²) in [5.74, 6) is -1.85. The summed E-state index contributed by atoms with van der Waals surface area (Å²) in [6.07, 6.45) is 4.09. The van der Waals surface area contributed by atoms with Gasteiger partial charge in [-0.3, -0.25) is 33.8 Å². The average molecular weight is 423 g/mol. The number of nitrogens with zero attached hydrogens (tertiary/aromatic N) is 3. The maximum atomic E-state index is 12.6. The van der Waals surface area contributed by atoms with Crippen LogP contribution in [-0.4, -0.2) is 96.3 Å².